The molecule has 0 saturated heterocycles. The van der Waals surface area contributed by atoms with Crippen molar-refractivity contribution >= 4 is 10.8 Å². The predicted octanol–water partition coefficient (Wildman–Crippen LogP) is 4.13. The highest BCUT2D eigenvalue weighted by molar-refractivity contribution is 5.91. The Kier molecular flexibility index (Phi) is 5.22. The van der Waals surface area contributed by atoms with Crippen LogP contribution >= 0.6 is 0 Å². The lowest BCUT2D eigenvalue weighted by Crippen LogP contribution is -2.14. The summed E-state index contributed by atoms with van der Waals surface area (Å²) in [6.07, 6.45) is 3.83. The van der Waals surface area contributed by atoms with Gasteiger partial charge in [-0.1, -0.05) is 50.1 Å². The lowest BCUT2D eigenvalue weighted by molar-refractivity contribution is 0.419. The SMILES string of the molecule is CCCCCNCc1ccc(OC)c2ccccc12. The Hall–Kier alpha value is -1.54. The predicted molar refractivity (Wildman–Crippen MR) is 81.7 cm³/mol. The smallest absolute Gasteiger partial charge is 0.126 e. The van der Waals surface area contributed by atoms with Crippen LogP contribution in [0.15, 0.2) is 36.4 Å². The number of rotatable bonds is 7. The van der Waals surface area contributed by atoms with Crippen molar-refractivity contribution in [2.24, 2.45) is 0 Å². The van der Waals surface area contributed by atoms with E-state index in [1.54, 1.807) is 7.11 Å². The first kappa shape index (κ1) is 13.9. The van der Waals surface area contributed by atoms with Crippen LogP contribution in [0.1, 0.15) is 31.7 Å². The standard InChI is InChI=1S/C17H23NO/c1-3-4-7-12-18-13-14-10-11-17(19-2)16-9-6-5-8-15(14)16/h5-6,8-11,18H,3-4,7,12-13H2,1-2H3. The summed E-state index contributed by atoms with van der Waals surface area (Å²) in [6.45, 7) is 4.25. The third kappa shape index (κ3) is 3.48. The van der Waals surface area contributed by atoms with E-state index in [4.69, 9.17) is 4.74 Å². The van der Waals surface area contributed by atoms with Gasteiger partial charge in [0.05, 0.1) is 7.11 Å². The number of benzene rings is 2. The average molecular weight is 257 g/mol. The Morgan fingerprint density at radius 2 is 1.79 bits per heavy atom. The van der Waals surface area contributed by atoms with E-state index in [1.807, 2.05) is 0 Å². The fourth-order valence-corrected chi connectivity index (χ4v) is 2.39. The molecule has 0 unspecified atom stereocenters. The summed E-state index contributed by atoms with van der Waals surface area (Å²) in [4.78, 5) is 0. The van der Waals surface area contributed by atoms with Gasteiger partial charge in [-0.05, 0) is 30.0 Å². The highest BCUT2D eigenvalue weighted by atomic mass is 16.5. The second-order valence-corrected chi connectivity index (χ2v) is 4.86. The van der Waals surface area contributed by atoms with Crippen LogP contribution in [-0.4, -0.2) is 13.7 Å². The molecule has 0 bridgehead atoms. The van der Waals surface area contributed by atoms with Gasteiger partial charge >= 0.3 is 0 Å². The number of hydrogen-bond acceptors (Lipinski definition) is 2. The maximum absolute atomic E-state index is 5.42. The Morgan fingerprint density at radius 1 is 1.00 bits per heavy atom. The monoisotopic (exact) mass is 257 g/mol. The van der Waals surface area contributed by atoms with Gasteiger partial charge in [0, 0.05) is 11.9 Å². The molecule has 2 aromatic rings. The molecule has 0 fully saturated rings. The summed E-state index contributed by atoms with van der Waals surface area (Å²) in [5.74, 6) is 0.949. The van der Waals surface area contributed by atoms with Gasteiger partial charge < -0.3 is 10.1 Å². The molecular formula is C17H23NO. The van der Waals surface area contributed by atoms with E-state index in [1.165, 1.54) is 35.6 Å². The number of nitrogens with one attached hydrogen (secondary N) is 1. The zero-order chi connectivity index (χ0) is 13.5. The van der Waals surface area contributed by atoms with E-state index in [0.717, 1.165) is 18.8 Å². The molecule has 0 atom stereocenters. The normalized spacial score (nSPS) is 10.8. The fourth-order valence-electron chi connectivity index (χ4n) is 2.39. The molecule has 0 aliphatic carbocycles. The van der Waals surface area contributed by atoms with E-state index < -0.39 is 0 Å². The van der Waals surface area contributed by atoms with Crippen molar-refractivity contribution in [1.82, 2.24) is 5.32 Å². The van der Waals surface area contributed by atoms with Gasteiger partial charge in [-0.25, -0.2) is 0 Å². The topological polar surface area (TPSA) is 21.3 Å². The number of fused-ring (bicyclic) bond motifs is 1. The highest BCUT2D eigenvalue weighted by Crippen LogP contribution is 2.28. The molecular weight excluding hydrogens is 234 g/mol. The number of methoxy groups -OCH3 is 1. The number of unbranched alkanes of at least 4 members (excludes halogenated alkanes) is 2. The highest BCUT2D eigenvalue weighted by Gasteiger charge is 2.05. The lowest BCUT2D eigenvalue weighted by Gasteiger charge is -2.11. The van der Waals surface area contributed by atoms with E-state index in [0.29, 0.717) is 0 Å². The maximum atomic E-state index is 5.42. The largest absolute Gasteiger partial charge is 0.496 e. The molecule has 0 aliphatic heterocycles. The van der Waals surface area contributed by atoms with Crippen LogP contribution in [0.3, 0.4) is 0 Å². The van der Waals surface area contributed by atoms with Gasteiger partial charge in [0.25, 0.3) is 0 Å². The second-order valence-electron chi connectivity index (χ2n) is 4.86. The summed E-state index contributed by atoms with van der Waals surface area (Å²) in [5.41, 5.74) is 1.34. The first-order chi connectivity index (χ1) is 9.36. The first-order valence-electron chi connectivity index (χ1n) is 7.12. The van der Waals surface area contributed by atoms with Crippen molar-refractivity contribution in [3.63, 3.8) is 0 Å². The number of hydrogen-bond donors (Lipinski definition) is 1. The first-order valence-corrected chi connectivity index (χ1v) is 7.12. The molecule has 102 valence electrons. The summed E-state index contributed by atoms with van der Waals surface area (Å²) < 4.78 is 5.42. The molecule has 2 rings (SSSR count). The van der Waals surface area contributed by atoms with Gasteiger partial charge in [0.2, 0.25) is 0 Å². The van der Waals surface area contributed by atoms with Crippen molar-refractivity contribution in [2.45, 2.75) is 32.7 Å². The minimum Gasteiger partial charge on any atom is -0.496 e. The van der Waals surface area contributed by atoms with Crippen molar-refractivity contribution in [2.75, 3.05) is 13.7 Å². The van der Waals surface area contributed by atoms with Gasteiger partial charge in [-0.3, -0.25) is 0 Å². The third-order valence-electron chi connectivity index (χ3n) is 3.47. The molecule has 0 spiro atoms. The summed E-state index contributed by atoms with van der Waals surface area (Å²) in [7, 11) is 1.73. The summed E-state index contributed by atoms with van der Waals surface area (Å²) in [5, 5.41) is 6.00. The van der Waals surface area contributed by atoms with Crippen LogP contribution in [0.25, 0.3) is 10.8 Å². The molecule has 2 heteroatoms. The van der Waals surface area contributed by atoms with Crippen molar-refractivity contribution in [1.29, 1.82) is 0 Å². The zero-order valence-electron chi connectivity index (χ0n) is 11.9. The average Bonchev–Trinajstić information content (AvgIpc) is 2.47. The summed E-state index contributed by atoms with van der Waals surface area (Å²) >= 11 is 0. The van der Waals surface area contributed by atoms with Crippen LogP contribution < -0.4 is 10.1 Å². The molecule has 19 heavy (non-hydrogen) atoms. The Morgan fingerprint density at radius 3 is 2.53 bits per heavy atom. The van der Waals surface area contributed by atoms with Crippen LogP contribution in [0, 0.1) is 0 Å². The van der Waals surface area contributed by atoms with Gasteiger partial charge in [-0.2, -0.15) is 0 Å². The van der Waals surface area contributed by atoms with Gasteiger partial charge in [-0.15, -0.1) is 0 Å². The van der Waals surface area contributed by atoms with Crippen LogP contribution in [-0.2, 0) is 6.54 Å². The van der Waals surface area contributed by atoms with Crippen LogP contribution in [0.4, 0.5) is 0 Å². The van der Waals surface area contributed by atoms with Gasteiger partial charge in [0.15, 0.2) is 0 Å². The molecule has 0 aromatic heterocycles. The molecule has 2 nitrogen and oxygen atoms in total. The second kappa shape index (κ2) is 7.15. The van der Waals surface area contributed by atoms with E-state index in [-0.39, 0.29) is 0 Å². The van der Waals surface area contributed by atoms with E-state index >= 15 is 0 Å². The zero-order valence-corrected chi connectivity index (χ0v) is 11.9. The molecule has 0 aliphatic rings. The molecule has 2 aromatic carbocycles. The minimum absolute atomic E-state index is 0.925. The molecule has 1 N–H and O–H groups in total. The molecule has 0 radical (unpaired) electrons. The Bertz CT molecular complexity index is 522. The van der Waals surface area contributed by atoms with Gasteiger partial charge in [0.1, 0.15) is 5.75 Å². The number of ether oxygens (including phenoxy) is 1. The van der Waals surface area contributed by atoms with Crippen LogP contribution in [0.2, 0.25) is 0 Å². The van der Waals surface area contributed by atoms with Crippen molar-refractivity contribution < 1.29 is 4.74 Å². The summed E-state index contributed by atoms with van der Waals surface area (Å²) in [6, 6.07) is 12.7. The van der Waals surface area contributed by atoms with E-state index in [2.05, 4.69) is 48.6 Å². The lowest BCUT2D eigenvalue weighted by atomic mass is 10.0. The van der Waals surface area contributed by atoms with Crippen molar-refractivity contribution in [3.8, 4) is 5.75 Å². The quantitative estimate of drug-likeness (QED) is 0.753. The molecule has 0 heterocycles. The Labute approximate surface area is 115 Å². The maximum Gasteiger partial charge on any atom is 0.126 e. The molecule has 0 amide bonds. The third-order valence-corrected chi connectivity index (χ3v) is 3.47. The fraction of sp³-hybridized carbons (Fsp3) is 0.412. The molecule has 0 saturated carbocycles. The van der Waals surface area contributed by atoms with Crippen LogP contribution in [0.5, 0.6) is 5.75 Å². The minimum atomic E-state index is 0.925. The van der Waals surface area contributed by atoms with Crippen molar-refractivity contribution in [3.05, 3.63) is 42.0 Å². The van der Waals surface area contributed by atoms with E-state index in [9.17, 15) is 0 Å². The Balaban J connectivity index is 2.11.